The van der Waals surface area contributed by atoms with Crippen molar-refractivity contribution in [2.24, 2.45) is 0 Å². The maximum absolute atomic E-state index is 11.6. The lowest BCUT2D eigenvalue weighted by atomic mass is 10.1. The number of nitrogens with one attached hydrogen (secondary N) is 2. The zero-order chi connectivity index (χ0) is 13.7. The van der Waals surface area contributed by atoms with Crippen molar-refractivity contribution in [3.8, 4) is 0 Å². The van der Waals surface area contributed by atoms with Crippen molar-refractivity contribution in [3.05, 3.63) is 17.6 Å². The van der Waals surface area contributed by atoms with E-state index in [-0.39, 0.29) is 18.5 Å². The SMILES string of the molecule is CC(C)NC(=O)CNc1ncnc2c1CCCCC2. The standard InChI is InChI=1S/C14H22N4O/c1-10(2)18-13(19)8-15-14-11-6-4-3-5-7-12(11)16-9-17-14/h9-10H,3-8H2,1-2H3,(H,18,19)(H,15,16,17). The van der Waals surface area contributed by atoms with Crippen molar-refractivity contribution in [1.82, 2.24) is 15.3 Å². The molecule has 0 aliphatic heterocycles. The van der Waals surface area contributed by atoms with Gasteiger partial charge in [-0.15, -0.1) is 0 Å². The second kappa shape index (κ2) is 6.50. The van der Waals surface area contributed by atoms with Crippen LogP contribution in [-0.4, -0.2) is 28.5 Å². The summed E-state index contributed by atoms with van der Waals surface area (Å²) in [5, 5.41) is 6.00. The number of amides is 1. The zero-order valence-electron chi connectivity index (χ0n) is 11.7. The molecule has 1 aromatic rings. The highest BCUT2D eigenvalue weighted by Crippen LogP contribution is 2.23. The van der Waals surface area contributed by atoms with Gasteiger partial charge in [-0.25, -0.2) is 9.97 Å². The Morgan fingerprint density at radius 1 is 1.26 bits per heavy atom. The van der Waals surface area contributed by atoms with Gasteiger partial charge in [-0.1, -0.05) is 6.42 Å². The van der Waals surface area contributed by atoms with Crippen LogP contribution in [0.25, 0.3) is 0 Å². The number of rotatable bonds is 4. The molecular weight excluding hydrogens is 240 g/mol. The van der Waals surface area contributed by atoms with E-state index in [1.807, 2.05) is 13.8 Å². The fourth-order valence-corrected chi connectivity index (χ4v) is 2.39. The lowest BCUT2D eigenvalue weighted by Crippen LogP contribution is -2.35. The molecule has 2 N–H and O–H groups in total. The second-order valence-electron chi connectivity index (χ2n) is 5.28. The first-order valence-corrected chi connectivity index (χ1v) is 7.03. The molecule has 1 aliphatic rings. The highest BCUT2D eigenvalue weighted by Gasteiger charge is 2.14. The monoisotopic (exact) mass is 262 g/mol. The summed E-state index contributed by atoms with van der Waals surface area (Å²) in [5.74, 6) is 0.821. The van der Waals surface area contributed by atoms with Gasteiger partial charge in [-0.2, -0.15) is 0 Å². The van der Waals surface area contributed by atoms with Gasteiger partial charge >= 0.3 is 0 Å². The van der Waals surface area contributed by atoms with Crippen LogP contribution in [0, 0.1) is 0 Å². The highest BCUT2D eigenvalue weighted by atomic mass is 16.1. The summed E-state index contributed by atoms with van der Waals surface area (Å²) in [7, 11) is 0. The van der Waals surface area contributed by atoms with E-state index in [1.165, 1.54) is 24.8 Å². The molecule has 0 bridgehead atoms. The molecule has 5 heteroatoms. The van der Waals surface area contributed by atoms with Crippen molar-refractivity contribution < 1.29 is 4.79 Å². The van der Waals surface area contributed by atoms with Gasteiger partial charge in [-0.05, 0) is 39.5 Å². The molecule has 0 saturated heterocycles. The van der Waals surface area contributed by atoms with Gasteiger partial charge in [0, 0.05) is 17.3 Å². The summed E-state index contributed by atoms with van der Waals surface area (Å²) in [5.41, 5.74) is 2.33. The van der Waals surface area contributed by atoms with Crippen LogP contribution in [0.4, 0.5) is 5.82 Å². The Labute approximate surface area is 114 Å². The number of aromatic nitrogens is 2. The normalized spacial score (nSPS) is 14.7. The predicted octanol–water partition coefficient (Wildman–Crippen LogP) is 1.68. The minimum absolute atomic E-state index is 0.00372. The summed E-state index contributed by atoms with van der Waals surface area (Å²) in [6.45, 7) is 4.17. The number of carbonyl (C=O) groups is 1. The summed E-state index contributed by atoms with van der Waals surface area (Å²) in [6, 6.07) is 0.164. The number of hydrogen-bond acceptors (Lipinski definition) is 4. The largest absolute Gasteiger partial charge is 0.361 e. The molecule has 0 saturated carbocycles. The molecule has 1 heterocycles. The van der Waals surface area contributed by atoms with Crippen molar-refractivity contribution >= 4 is 11.7 Å². The zero-order valence-corrected chi connectivity index (χ0v) is 11.7. The van der Waals surface area contributed by atoms with Gasteiger partial charge in [0.05, 0.1) is 6.54 Å². The first kappa shape index (κ1) is 13.8. The predicted molar refractivity (Wildman–Crippen MR) is 75.1 cm³/mol. The lowest BCUT2D eigenvalue weighted by molar-refractivity contribution is -0.119. The molecule has 1 aromatic heterocycles. The molecular formula is C14H22N4O. The van der Waals surface area contributed by atoms with Crippen molar-refractivity contribution in [3.63, 3.8) is 0 Å². The Morgan fingerprint density at radius 2 is 2.05 bits per heavy atom. The summed E-state index contributed by atoms with van der Waals surface area (Å²) < 4.78 is 0. The Morgan fingerprint density at radius 3 is 2.84 bits per heavy atom. The third kappa shape index (κ3) is 3.91. The van der Waals surface area contributed by atoms with E-state index >= 15 is 0 Å². The molecule has 104 valence electrons. The molecule has 1 aliphatic carbocycles. The highest BCUT2D eigenvalue weighted by molar-refractivity contribution is 5.80. The average molecular weight is 262 g/mol. The van der Waals surface area contributed by atoms with E-state index in [0.717, 1.165) is 24.4 Å². The lowest BCUT2D eigenvalue weighted by Gasteiger charge is -2.13. The summed E-state index contributed by atoms with van der Waals surface area (Å²) in [4.78, 5) is 20.3. The van der Waals surface area contributed by atoms with Crippen LogP contribution >= 0.6 is 0 Å². The maximum atomic E-state index is 11.6. The van der Waals surface area contributed by atoms with Gasteiger partial charge in [0.25, 0.3) is 0 Å². The molecule has 0 spiro atoms. The van der Waals surface area contributed by atoms with E-state index in [1.54, 1.807) is 6.33 Å². The molecule has 0 fully saturated rings. The van der Waals surface area contributed by atoms with Crippen LogP contribution < -0.4 is 10.6 Å². The van der Waals surface area contributed by atoms with Crippen LogP contribution in [0.2, 0.25) is 0 Å². The van der Waals surface area contributed by atoms with Crippen LogP contribution in [0.5, 0.6) is 0 Å². The van der Waals surface area contributed by atoms with Gasteiger partial charge in [0.2, 0.25) is 5.91 Å². The molecule has 0 aromatic carbocycles. The fourth-order valence-electron chi connectivity index (χ4n) is 2.39. The van der Waals surface area contributed by atoms with E-state index in [4.69, 9.17) is 0 Å². The van der Waals surface area contributed by atoms with Gasteiger partial charge in [0.1, 0.15) is 12.1 Å². The molecule has 5 nitrogen and oxygen atoms in total. The number of aryl methyl sites for hydroxylation is 1. The topological polar surface area (TPSA) is 66.9 Å². The van der Waals surface area contributed by atoms with Crippen molar-refractivity contribution in [2.45, 2.75) is 52.0 Å². The second-order valence-corrected chi connectivity index (χ2v) is 5.28. The quantitative estimate of drug-likeness (QED) is 0.810. The molecule has 0 unspecified atom stereocenters. The third-order valence-electron chi connectivity index (χ3n) is 3.24. The minimum atomic E-state index is -0.00372. The van der Waals surface area contributed by atoms with Crippen LogP contribution in [0.1, 0.15) is 44.4 Å². The number of anilines is 1. The smallest absolute Gasteiger partial charge is 0.239 e. The number of fused-ring (bicyclic) bond motifs is 1. The van der Waals surface area contributed by atoms with E-state index < -0.39 is 0 Å². The Bertz CT molecular complexity index is 445. The molecule has 1 amide bonds. The van der Waals surface area contributed by atoms with Crippen molar-refractivity contribution in [2.75, 3.05) is 11.9 Å². The van der Waals surface area contributed by atoms with Crippen LogP contribution in [-0.2, 0) is 17.6 Å². The van der Waals surface area contributed by atoms with Gasteiger partial charge < -0.3 is 10.6 Å². The van der Waals surface area contributed by atoms with Gasteiger partial charge in [-0.3, -0.25) is 4.79 Å². The fraction of sp³-hybridized carbons (Fsp3) is 0.643. The number of carbonyl (C=O) groups excluding carboxylic acids is 1. The van der Waals surface area contributed by atoms with Crippen molar-refractivity contribution in [1.29, 1.82) is 0 Å². The molecule has 2 rings (SSSR count). The van der Waals surface area contributed by atoms with Crippen LogP contribution in [0.15, 0.2) is 6.33 Å². The van der Waals surface area contributed by atoms with E-state index in [0.29, 0.717) is 0 Å². The summed E-state index contributed by atoms with van der Waals surface area (Å²) >= 11 is 0. The third-order valence-corrected chi connectivity index (χ3v) is 3.24. The molecule has 19 heavy (non-hydrogen) atoms. The number of nitrogens with zero attached hydrogens (tertiary/aromatic N) is 2. The van der Waals surface area contributed by atoms with Crippen LogP contribution in [0.3, 0.4) is 0 Å². The Hall–Kier alpha value is -1.65. The molecule has 0 atom stereocenters. The first-order valence-electron chi connectivity index (χ1n) is 7.03. The first-order chi connectivity index (χ1) is 9.16. The van der Waals surface area contributed by atoms with E-state index in [2.05, 4.69) is 20.6 Å². The Balaban J connectivity index is 2.02. The summed E-state index contributed by atoms with van der Waals surface area (Å²) in [6.07, 6.45) is 7.22. The van der Waals surface area contributed by atoms with E-state index in [9.17, 15) is 4.79 Å². The average Bonchev–Trinajstić information content (AvgIpc) is 2.60. The minimum Gasteiger partial charge on any atom is -0.361 e. The Kier molecular flexibility index (Phi) is 4.71. The maximum Gasteiger partial charge on any atom is 0.239 e. The number of hydrogen-bond donors (Lipinski definition) is 2. The molecule has 0 radical (unpaired) electrons. The van der Waals surface area contributed by atoms with Gasteiger partial charge in [0.15, 0.2) is 0 Å².